The summed E-state index contributed by atoms with van der Waals surface area (Å²) in [6.07, 6.45) is 16.8. The average molecular weight is 2330 g/mol. The molecule has 13 aromatic rings. The Morgan fingerprint density at radius 3 is 1.30 bits per heavy atom. The molecular weight excluding hydrogens is 2220 g/mol. The molecule has 1 unspecified atom stereocenters. The summed E-state index contributed by atoms with van der Waals surface area (Å²) in [7, 11) is 0. The van der Waals surface area contributed by atoms with Gasteiger partial charge in [0.05, 0.1) is 39.9 Å². The Balaban J connectivity index is 0.000000371. The Hall–Kier alpha value is -10.0. The van der Waals surface area contributed by atoms with Crippen LogP contribution in [-0.2, 0) is 114 Å². The number of dihydropyridines is 1. The van der Waals surface area contributed by atoms with Crippen LogP contribution in [0, 0.1) is 97.6 Å². The van der Waals surface area contributed by atoms with E-state index in [9.17, 15) is 14.4 Å². The van der Waals surface area contributed by atoms with Crippen LogP contribution in [0.5, 0.6) is 0 Å². The second kappa shape index (κ2) is 54.5. The molecule has 15 heteroatoms. The summed E-state index contributed by atoms with van der Waals surface area (Å²) in [6, 6.07) is 89.0. The molecule has 1 aliphatic heterocycles. The third-order valence-corrected chi connectivity index (χ3v) is 17.9. The Kier molecular flexibility index (Phi) is 47.4. The van der Waals surface area contributed by atoms with Gasteiger partial charge >= 0.3 is 0 Å². The number of rotatable bonds is 15. The van der Waals surface area contributed by atoms with Crippen LogP contribution in [0.1, 0.15) is 162 Å². The zero-order valence-electron chi connectivity index (χ0n) is 73.6. The van der Waals surface area contributed by atoms with Crippen molar-refractivity contribution < 1.29 is 110 Å². The summed E-state index contributed by atoms with van der Waals surface area (Å²) in [5.74, 6) is 1.12. The van der Waals surface area contributed by atoms with Gasteiger partial charge < -0.3 is 20.3 Å². The normalized spacial score (nSPS) is 11.7. The molecule has 0 saturated heterocycles. The quantitative estimate of drug-likeness (QED) is 0.0509. The van der Waals surface area contributed by atoms with Gasteiger partial charge in [-0.2, -0.15) is 30.3 Å². The van der Waals surface area contributed by atoms with Gasteiger partial charge in [-0.1, -0.05) is 197 Å². The van der Waals surface area contributed by atoms with Crippen LogP contribution in [0.3, 0.4) is 0 Å². The summed E-state index contributed by atoms with van der Waals surface area (Å²) < 4.78 is 0. The van der Waals surface area contributed by atoms with Crippen LogP contribution < -0.4 is 0 Å². The van der Waals surface area contributed by atoms with E-state index in [2.05, 4.69) is 300 Å². The topological polar surface area (TPSA) is 176 Å². The van der Waals surface area contributed by atoms with E-state index in [1.807, 2.05) is 61.0 Å². The summed E-state index contributed by atoms with van der Waals surface area (Å²) >= 11 is 0. The molecule has 11 nitrogen and oxygen atoms in total. The smallest absolute Gasteiger partial charge is 0.155 e. The first kappa shape index (κ1) is 106. The van der Waals surface area contributed by atoms with Gasteiger partial charge in [0.25, 0.3) is 0 Å². The molecule has 9 aromatic carbocycles. The van der Waals surface area contributed by atoms with Crippen molar-refractivity contribution in [3.8, 4) is 56.2 Å². The molecule has 644 valence electrons. The third kappa shape index (κ3) is 37.8. The van der Waals surface area contributed by atoms with Crippen LogP contribution >= 0.6 is 0 Å². The SMILES string of the molecule is CC(=O)C=C(C)O.CC(=O)C=C(C)O.CC(=O)C=C(C)O.CCCc1ccc2ccc(-c3[c-]c(C)cc(C)c3)nc2c1.Cc1[c-]c(-c2ccc3c(CC(C)C)cccc3n2)cc(C)c1.Cc1[c-]c(-c2ccc3ccc(CC(C)C)cc3n2)cc(C)c1.Cc1cc(C)cc(-c2ccnc(-c3[c-]cccc3)c2)c1.[Ir].[Ir].[Ir].[Ir].[c-]1ccccc1C1CC=CC=N1. The standard InChI is InChI=1S/2C21H22N.C20H20N.C19H16N.C11H10N.3C5H8O2.4Ir/c1-14(2)9-17-5-6-18-7-8-20(22-21(18)13-17)19-11-15(3)10-16(4)12-19;1-14(2)10-17-6-5-7-21-19(17)8-9-20(22-21)18-12-15(3)11-16(4)13-18;1-4-5-16-6-7-17-8-9-19(21-20(17)13-16)18-11-14(2)10-15(3)12-18;1-14-10-15(2)12-18(11-14)17-8-9-20-19(13-17)16-6-4-3-5-7-16;1-2-6-10(7-3-1)11-8-4-5-9-12-11;3*1-4(6)3-5(2)7;;;;/h5-8,10-11,13-14H,9H2,1-4H3;5-9,11-12,14H,10H2,1-4H3;6-11,13H,4-5H2,1-3H3;3-6,8-13H,1-2H3;1-6,9,11H,8H2;3*3,6H,1-2H3;;;;/q5*-1;;;;;;;. The van der Waals surface area contributed by atoms with Gasteiger partial charge in [-0.15, -0.1) is 146 Å². The summed E-state index contributed by atoms with van der Waals surface area (Å²) in [4.78, 5) is 53.4. The van der Waals surface area contributed by atoms with E-state index in [1.165, 1.54) is 137 Å². The number of ketones is 3. The van der Waals surface area contributed by atoms with E-state index in [4.69, 9.17) is 30.3 Å². The van der Waals surface area contributed by atoms with Crippen molar-refractivity contribution in [2.45, 2.75) is 170 Å². The predicted octanol–water partition coefficient (Wildman–Crippen LogP) is 26.8. The number of nitrogens with zero attached hydrogens (tertiary/aromatic N) is 5. The first-order valence-electron chi connectivity index (χ1n) is 40.3. The minimum atomic E-state index is -0.125. The molecule has 14 rings (SSSR count). The van der Waals surface area contributed by atoms with Crippen LogP contribution in [0.15, 0.2) is 265 Å². The van der Waals surface area contributed by atoms with Gasteiger partial charge in [-0.3, -0.25) is 34.3 Å². The molecule has 0 spiro atoms. The van der Waals surface area contributed by atoms with Crippen molar-refractivity contribution in [1.29, 1.82) is 0 Å². The molecule has 4 aromatic heterocycles. The number of allylic oxidation sites excluding steroid dienone is 7. The first-order valence-corrected chi connectivity index (χ1v) is 40.3. The molecular formula is C107H114Ir4N5O6-5. The maximum absolute atomic E-state index is 10.0. The van der Waals surface area contributed by atoms with Crippen LogP contribution in [0.4, 0.5) is 0 Å². The summed E-state index contributed by atoms with van der Waals surface area (Å²) in [6.45, 7) is 36.6. The Labute approximate surface area is 779 Å². The van der Waals surface area contributed by atoms with Gasteiger partial charge in [0, 0.05) is 116 Å². The van der Waals surface area contributed by atoms with Gasteiger partial charge in [0.2, 0.25) is 0 Å². The maximum atomic E-state index is 10.0. The number of hydrogen-bond donors (Lipinski definition) is 3. The van der Waals surface area contributed by atoms with Gasteiger partial charge in [0.15, 0.2) is 17.3 Å². The molecule has 0 saturated carbocycles. The fourth-order valence-corrected chi connectivity index (χ4v) is 13.4. The van der Waals surface area contributed by atoms with Gasteiger partial charge in [0.1, 0.15) is 0 Å². The molecule has 122 heavy (non-hydrogen) atoms. The number of carbonyl (C=O) groups is 3. The number of aliphatic hydroxyl groups excluding tert-OH is 3. The fraction of sp³-hybridized carbons (Fsp3) is 0.252. The van der Waals surface area contributed by atoms with Crippen molar-refractivity contribution in [2.24, 2.45) is 16.8 Å². The van der Waals surface area contributed by atoms with Crippen molar-refractivity contribution in [2.75, 3.05) is 0 Å². The average Bonchev–Trinajstić information content (AvgIpc) is 0.815. The molecule has 0 fully saturated rings. The number of aryl methyl sites for hydroxylation is 9. The number of benzene rings is 9. The molecule has 0 bridgehead atoms. The molecule has 1 aliphatic rings. The number of aliphatic hydroxyl groups is 3. The molecule has 3 N–H and O–H groups in total. The second-order valence-electron chi connectivity index (χ2n) is 30.9. The number of aromatic nitrogens is 4. The largest absolute Gasteiger partial charge is 0.512 e. The van der Waals surface area contributed by atoms with E-state index in [0.717, 1.165) is 110 Å². The first-order chi connectivity index (χ1) is 56.2. The summed E-state index contributed by atoms with van der Waals surface area (Å²) in [5.41, 5.74) is 29.0. The Bertz CT molecular complexity index is 5480. The van der Waals surface area contributed by atoms with Gasteiger partial charge in [-0.05, 0) is 185 Å². The fourth-order valence-electron chi connectivity index (χ4n) is 13.4. The maximum Gasteiger partial charge on any atom is 0.155 e. The second-order valence-corrected chi connectivity index (χ2v) is 30.9. The van der Waals surface area contributed by atoms with E-state index < -0.39 is 0 Å². The Morgan fingerprint density at radius 1 is 0.434 bits per heavy atom. The van der Waals surface area contributed by atoms with E-state index >= 15 is 0 Å². The minimum absolute atomic E-state index is 0. The number of pyridine rings is 4. The number of carbonyl (C=O) groups excluding carboxylic acids is 3. The van der Waals surface area contributed by atoms with Crippen LogP contribution in [-0.4, -0.2) is 58.8 Å². The molecule has 4 radical (unpaired) electrons. The van der Waals surface area contributed by atoms with Crippen molar-refractivity contribution in [3.05, 3.63) is 357 Å². The third-order valence-electron chi connectivity index (χ3n) is 17.9. The predicted molar refractivity (Wildman–Crippen MR) is 492 cm³/mol. The van der Waals surface area contributed by atoms with Crippen molar-refractivity contribution >= 4 is 56.3 Å². The van der Waals surface area contributed by atoms with E-state index in [1.54, 1.807) is 0 Å². The van der Waals surface area contributed by atoms with E-state index in [-0.39, 0.29) is 121 Å². The van der Waals surface area contributed by atoms with Crippen molar-refractivity contribution in [1.82, 2.24) is 19.9 Å². The monoisotopic (exact) mass is 2340 g/mol. The number of fused-ring (bicyclic) bond motifs is 3. The minimum Gasteiger partial charge on any atom is -0.512 e. The van der Waals surface area contributed by atoms with E-state index in [0.29, 0.717) is 11.8 Å². The van der Waals surface area contributed by atoms with Crippen LogP contribution in [0.2, 0.25) is 0 Å². The zero-order chi connectivity index (χ0) is 86.0. The molecule has 1 atom stereocenters. The number of hydrogen-bond acceptors (Lipinski definition) is 11. The molecule has 0 aliphatic carbocycles. The van der Waals surface area contributed by atoms with Crippen molar-refractivity contribution in [3.63, 3.8) is 0 Å². The molecule has 0 amide bonds. The summed E-state index contributed by atoms with van der Waals surface area (Å²) in [5, 5.41) is 28.7. The zero-order valence-corrected chi connectivity index (χ0v) is 83.2. The van der Waals surface area contributed by atoms with Crippen LogP contribution in [0.25, 0.3) is 88.9 Å². The number of aliphatic imine (C=N–C) groups is 1. The Morgan fingerprint density at radius 2 is 0.885 bits per heavy atom. The van der Waals surface area contributed by atoms with Gasteiger partial charge in [-0.25, -0.2) is 0 Å². The molecule has 5 heterocycles.